The van der Waals surface area contributed by atoms with E-state index in [4.69, 9.17) is 33.7 Å². The Balaban J connectivity index is 1.38. The number of carbonyl (C=O) groups is 2. The lowest BCUT2D eigenvalue weighted by molar-refractivity contribution is -0.122. The van der Waals surface area contributed by atoms with Crippen molar-refractivity contribution in [1.82, 2.24) is 15.1 Å². The minimum atomic E-state index is -0.622. The highest BCUT2D eigenvalue weighted by molar-refractivity contribution is 7.80. The molecule has 1 saturated heterocycles. The summed E-state index contributed by atoms with van der Waals surface area (Å²) in [6, 6.07) is 35.0. The van der Waals surface area contributed by atoms with E-state index in [1.807, 2.05) is 91.0 Å². The minimum absolute atomic E-state index is 0.0248. The summed E-state index contributed by atoms with van der Waals surface area (Å²) in [6.45, 7) is 0. The van der Waals surface area contributed by atoms with Crippen LogP contribution in [0.3, 0.4) is 0 Å². The molecular formula is C32H21ClN4O3S. The van der Waals surface area contributed by atoms with E-state index in [9.17, 15) is 9.59 Å². The smallest absolute Gasteiger partial charge is 0.270 e. The van der Waals surface area contributed by atoms with Crippen LogP contribution in [0.2, 0.25) is 5.15 Å². The highest BCUT2D eigenvalue weighted by Crippen LogP contribution is 2.34. The molecule has 1 aliphatic rings. The van der Waals surface area contributed by atoms with Gasteiger partial charge in [0.2, 0.25) is 0 Å². The van der Waals surface area contributed by atoms with Gasteiger partial charge in [-0.05, 0) is 66.8 Å². The van der Waals surface area contributed by atoms with E-state index in [1.54, 1.807) is 28.9 Å². The van der Waals surface area contributed by atoms with Gasteiger partial charge in [-0.25, -0.2) is 4.68 Å². The fourth-order valence-electron chi connectivity index (χ4n) is 4.41. The molecular weight excluding hydrogens is 556 g/mol. The monoisotopic (exact) mass is 576 g/mol. The van der Waals surface area contributed by atoms with Crippen LogP contribution in [-0.2, 0) is 9.59 Å². The van der Waals surface area contributed by atoms with Crippen LogP contribution in [0.1, 0.15) is 5.56 Å². The maximum Gasteiger partial charge on any atom is 0.270 e. The van der Waals surface area contributed by atoms with Crippen LogP contribution in [0.15, 0.2) is 121 Å². The Hall–Kier alpha value is -5.05. The van der Waals surface area contributed by atoms with Crippen molar-refractivity contribution in [1.29, 1.82) is 0 Å². The predicted molar refractivity (Wildman–Crippen MR) is 163 cm³/mol. The summed E-state index contributed by atoms with van der Waals surface area (Å²) in [7, 11) is 0. The molecule has 9 heteroatoms. The normalized spacial score (nSPS) is 14.3. The van der Waals surface area contributed by atoms with Gasteiger partial charge >= 0.3 is 0 Å². The van der Waals surface area contributed by atoms with Gasteiger partial charge < -0.3 is 4.74 Å². The summed E-state index contributed by atoms with van der Waals surface area (Å²) in [6.07, 6.45) is 1.47. The van der Waals surface area contributed by atoms with Gasteiger partial charge in [-0.2, -0.15) is 5.10 Å². The molecule has 5 aromatic rings. The fraction of sp³-hybridized carbons (Fsp3) is 0. The Kier molecular flexibility index (Phi) is 7.16. The lowest BCUT2D eigenvalue weighted by Crippen LogP contribution is -2.54. The second-order valence-electron chi connectivity index (χ2n) is 9.03. The summed E-state index contributed by atoms with van der Waals surface area (Å²) in [5.74, 6) is 0.0630. The van der Waals surface area contributed by atoms with Gasteiger partial charge in [0.15, 0.2) is 5.11 Å². The van der Waals surface area contributed by atoms with Crippen molar-refractivity contribution in [2.24, 2.45) is 0 Å². The first-order chi connectivity index (χ1) is 20.0. The van der Waals surface area contributed by atoms with Crippen LogP contribution in [0, 0.1) is 0 Å². The SMILES string of the molecule is O=C1NC(=S)N(c2ccc(Oc3ccccc3)cc2)C(=O)/C1=C/c1c(-c2ccccc2)nn(-c2ccccc2)c1Cl. The van der Waals surface area contributed by atoms with Gasteiger partial charge in [-0.1, -0.05) is 78.3 Å². The lowest BCUT2D eigenvalue weighted by Gasteiger charge is -2.29. The third kappa shape index (κ3) is 5.26. The molecule has 7 nitrogen and oxygen atoms in total. The zero-order chi connectivity index (χ0) is 28.3. The Labute approximate surface area is 246 Å². The van der Waals surface area contributed by atoms with E-state index in [-0.39, 0.29) is 15.8 Å². The fourth-order valence-corrected chi connectivity index (χ4v) is 4.97. The molecule has 0 atom stereocenters. The van der Waals surface area contributed by atoms with E-state index >= 15 is 0 Å². The Morgan fingerprint density at radius 2 is 1.34 bits per heavy atom. The number of carbonyl (C=O) groups excluding carboxylic acids is 2. The summed E-state index contributed by atoms with van der Waals surface area (Å²) in [4.78, 5) is 28.1. The molecule has 1 N–H and O–H groups in total. The van der Waals surface area contributed by atoms with Gasteiger partial charge in [0.1, 0.15) is 27.9 Å². The number of amides is 2. The molecule has 41 heavy (non-hydrogen) atoms. The minimum Gasteiger partial charge on any atom is -0.457 e. The molecule has 1 fully saturated rings. The highest BCUT2D eigenvalue weighted by Gasteiger charge is 2.35. The standard InChI is InChI=1S/C32H21ClN4O3S/c33-29-26(28(21-10-4-1-5-11-21)35-37(29)23-12-6-2-7-13-23)20-27-30(38)34-32(41)36(31(27)39)22-16-18-25(19-17-22)40-24-14-8-3-9-15-24/h1-20H,(H,34,38,41)/b27-20+. The number of aromatic nitrogens is 2. The summed E-state index contributed by atoms with van der Waals surface area (Å²) in [5, 5.41) is 7.60. The van der Waals surface area contributed by atoms with Crippen molar-refractivity contribution in [3.63, 3.8) is 0 Å². The third-order valence-electron chi connectivity index (χ3n) is 6.38. The Bertz CT molecular complexity index is 1790. The average molecular weight is 577 g/mol. The van der Waals surface area contributed by atoms with E-state index in [2.05, 4.69) is 5.32 Å². The van der Waals surface area contributed by atoms with E-state index in [1.165, 1.54) is 11.0 Å². The first kappa shape index (κ1) is 26.2. The molecule has 0 saturated carbocycles. The average Bonchev–Trinajstić information content (AvgIpc) is 3.33. The first-order valence-electron chi connectivity index (χ1n) is 12.6. The lowest BCUT2D eigenvalue weighted by atomic mass is 10.0. The van der Waals surface area contributed by atoms with Crippen LogP contribution in [0.5, 0.6) is 11.5 Å². The largest absolute Gasteiger partial charge is 0.457 e. The molecule has 0 aliphatic carbocycles. The van der Waals surface area contributed by atoms with E-state index in [0.717, 1.165) is 11.3 Å². The topological polar surface area (TPSA) is 76.5 Å². The number of rotatable bonds is 6. The van der Waals surface area contributed by atoms with Crippen LogP contribution >= 0.6 is 23.8 Å². The number of halogens is 1. The third-order valence-corrected chi connectivity index (χ3v) is 7.02. The first-order valence-corrected chi connectivity index (χ1v) is 13.4. The quantitative estimate of drug-likeness (QED) is 0.136. The second kappa shape index (κ2) is 11.2. The van der Waals surface area contributed by atoms with Gasteiger partial charge in [0.25, 0.3) is 11.8 Å². The van der Waals surface area contributed by atoms with Crippen molar-refractivity contribution >= 4 is 52.5 Å². The summed E-state index contributed by atoms with van der Waals surface area (Å²) >= 11 is 12.2. The number of nitrogens with one attached hydrogen (secondary N) is 1. The van der Waals surface area contributed by atoms with Crippen LogP contribution in [0.25, 0.3) is 23.0 Å². The predicted octanol–water partition coefficient (Wildman–Crippen LogP) is 6.82. The number of nitrogens with zero attached hydrogens (tertiary/aromatic N) is 3. The number of anilines is 1. The van der Waals surface area contributed by atoms with Gasteiger partial charge in [0.05, 0.1) is 11.4 Å². The molecule has 4 aromatic carbocycles. The Morgan fingerprint density at radius 3 is 2.00 bits per heavy atom. The van der Waals surface area contributed by atoms with Crippen molar-refractivity contribution in [3.8, 4) is 28.4 Å². The van der Waals surface area contributed by atoms with Crippen molar-refractivity contribution in [3.05, 3.63) is 132 Å². The number of hydrogen-bond donors (Lipinski definition) is 1. The van der Waals surface area contributed by atoms with Crippen LogP contribution < -0.4 is 15.0 Å². The van der Waals surface area contributed by atoms with Gasteiger partial charge in [-0.15, -0.1) is 0 Å². The number of hydrogen-bond acceptors (Lipinski definition) is 5. The maximum atomic E-state index is 13.8. The summed E-state index contributed by atoms with van der Waals surface area (Å²) < 4.78 is 7.44. The van der Waals surface area contributed by atoms with Crippen LogP contribution in [-0.4, -0.2) is 26.7 Å². The Morgan fingerprint density at radius 1 is 0.756 bits per heavy atom. The zero-order valence-corrected chi connectivity index (χ0v) is 23.0. The number of ether oxygens (including phenoxy) is 1. The molecule has 0 unspecified atom stereocenters. The van der Waals surface area contributed by atoms with Crippen molar-refractivity contribution in [2.75, 3.05) is 4.90 Å². The molecule has 200 valence electrons. The maximum absolute atomic E-state index is 13.8. The molecule has 6 rings (SSSR count). The molecule has 0 spiro atoms. The van der Waals surface area contributed by atoms with Crippen molar-refractivity contribution in [2.45, 2.75) is 0 Å². The molecule has 1 aliphatic heterocycles. The molecule has 0 bridgehead atoms. The highest BCUT2D eigenvalue weighted by atomic mass is 35.5. The number of thiocarbonyl (C=S) groups is 1. The molecule has 2 amide bonds. The van der Waals surface area contributed by atoms with E-state index < -0.39 is 11.8 Å². The van der Waals surface area contributed by atoms with E-state index in [0.29, 0.717) is 28.4 Å². The molecule has 0 radical (unpaired) electrons. The van der Waals surface area contributed by atoms with Crippen molar-refractivity contribution < 1.29 is 14.3 Å². The molecule has 1 aromatic heterocycles. The number of benzene rings is 4. The van der Waals surface area contributed by atoms with Gasteiger partial charge in [0, 0.05) is 11.1 Å². The molecule has 2 heterocycles. The summed E-state index contributed by atoms with van der Waals surface area (Å²) in [5.41, 5.74) is 2.81. The van der Waals surface area contributed by atoms with Crippen LogP contribution in [0.4, 0.5) is 5.69 Å². The zero-order valence-electron chi connectivity index (χ0n) is 21.4. The number of para-hydroxylation sites is 2. The second-order valence-corrected chi connectivity index (χ2v) is 9.78. The van der Waals surface area contributed by atoms with Gasteiger partial charge in [-0.3, -0.25) is 19.8 Å².